The van der Waals surface area contributed by atoms with E-state index in [0.717, 1.165) is 36.8 Å². The second-order valence-electron chi connectivity index (χ2n) is 7.27. The number of fused-ring (bicyclic) bond motifs is 1. The third-order valence-corrected chi connectivity index (χ3v) is 5.67. The average molecular weight is 349 g/mol. The van der Waals surface area contributed by atoms with Crippen molar-refractivity contribution < 1.29 is 0 Å². The van der Waals surface area contributed by atoms with E-state index in [4.69, 9.17) is 0 Å². The van der Waals surface area contributed by atoms with Crippen LogP contribution in [0.3, 0.4) is 0 Å². The van der Waals surface area contributed by atoms with E-state index in [0.29, 0.717) is 6.04 Å². The van der Waals surface area contributed by atoms with Crippen molar-refractivity contribution in [2.24, 2.45) is 0 Å². The number of nitrogens with one attached hydrogen (secondary N) is 1. The Hall–Kier alpha value is -2.33. The minimum absolute atomic E-state index is 0.0451. The molecule has 1 aliphatic rings. The average Bonchev–Trinajstić information content (AvgIpc) is 3.29. The SMILES string of the molecule is CNCCC(c1ccccc1)n1c(=O)n(C2CCCC2)c2ccccc21. The number of benzene rings is 2. The molecule has 26 heavy (non-hydrogen) atoms. The molecule has 1 N–H and O–H groups in total. The highest BCUT2D eigenvalue weighted by Gasteiger charge is 2.26. The van der Waals surface area contributed by atoms with Crippen molar-refractivity contribution in [1.82, 2.24) is 14.5 Å². The van der Waals surface area contributed by atoms with Crippen LogP contribution in [0, 0.1) is 0 Å². The van der Waals surface area contributed by atoms with E-state index in [1.165, 1.54) is 18.4 Å². The first kappa shape index (κ1) is 17.1. The maximum atomic E-state index is 13.6. The highest BCUT2D eigenvalue weighted by Crippen LogP contribution is 2.33. The van der Waals surface area contributed by atoms with Gasteiger partial charge in [0.1, 0.15) is 0 Å². The number of aromatic nitrogens is 2. The number of para-hydroxylation sites is 2. The van der Waals surface area contributed by atoms with Gasteiger partial charge in [0.15, 0.2) is 0 Å². The van der Waals surface area contributed by atoms with E-state index in [9.17, 15) is 4.79 Å². The summed E-state index contributed by atoms with van der Waals surface area (Å²) in [6, 6.07) is 19.1. The van der Waals surface area contributed by atoms with Gasteiger partial charge in [0.2, 0.25) is 0 Å². The predicted octanol–water partition coefficient (Wildman–Crippen LogP) is 4.12. The van der Waals surface area contributed by atoms with Gasteiger partial charge in [-0.15, -0.1) is 0 Å². The van der Waals surface area contributed by atoms with E-state index in [-0.39, 0.29) is 11.7 Å². The molecule has 0 saturated heterocycles. The molecule has 1 aliphatic carbocycles. The molecule has 3 aromatic rings. The van der Waals surface area contributed by atoms with Gasteiger partial charge in [-0.3, -0.25) is 9.13 Å². The second kappa shape index (κ2) is 7.50. The number of rotatable bonds is 6. The van der Waals surface area contributed by atoms with Crippen LogP contribution in [0.15, 0.2) is 59.4 Å². The molecule has 0 aliphatic heterocycles. The van der Waals surface area contributed by atoms with Crippen molar-refractivity contribution in [3.8, 4) is 0 Å². The summed E-state index contributed by atoms with van der Waals surface area (Å²) in [4.78, 5) is 13.6. The van der Waals surface area contributed by atoms with Gasteiger partial charge in [0, 0.05) is 6.04 Å². The van der Waals surface area contributed by atoms with Crippen LogP contribution in [0.25, 0.3) is 11.0 Å². The molecule has 1 atom stereocenters. The minimum atomic E-state index is 0.0451. The molecule has 2 aromatic carbocycles. The largest absolute Gasteiger partial charge is 0.329 e. The summed E-state index contributed by atoms with van der Waals surface area (Å²) >= 11 is 0. The summed E-state index contributed by atoms with van der Waals surface area (Å²) < 4.78 is 4.10. The first-order valence-corrected chi connectivity index (χ1v) is 9.72. The molecule has 1 fully saturated rings. The van der Waals surface area contributed by atoms with Crippen molar-refractivity contribution in [2.45, 2.75) is 44.2 Å². The lowest BCUT2D eigenvalue weighted by atomic mass is 10.0. The summed E-state index contributed by atoms with van der Waals surface area (Å²) in [6.45, 7) is 0.870. The standard InChI is InChI=1S/C22H27N3O/c1-23-16-15-19(17-9-3-2-4-10-17)25-21-14-8-7-13-20(21)24(22(25)26)18-11-5-6-12-18/h2-4,7-10,13-14,18-19,23H,5-6,11-12,15-16H2,1H3. The lowest BCUT2D eigenvalue weighted by molar-refractivity contribution is 0.471. The first-order chi connectivity index (χ1) is 12.8. The van der Waals surface area contributed by atoms with Crippen LogP contribution in [0.5, 0.6) is 0 Å². The Labute approximate surface area is 154 Å². The van der Waals surface area contributed by atoms with Crippen LogP contribution in [0.4, 0.5) is 0 Å². The van der Waals surface area contributed by atoms with Crippen LogP contribution >= 0.6 is 0 Å². The predicted molar refractivity (Wildman–Crippen MR) is 107 cm³/mol. The Morgan fingerprint density at radius 1 is 1.00 bits per heavy atom. The molecule has 4 heteroatoms. The molecular formula is C22H27N3O. The van der Waals surface area contributed by atoms with Crippen LogP contribution in [-0.2, 0) is 0 Å². The van der Waals surface area contributed by atoms with Gasteiger partial charge in [0.25, 0.3) is 0 Å². The van der Waals surface area contributed by atoms with E-state index in [1.54, 1.807) is 0 Å². The van der Waals surface area contributed by atoms with Crippen LogP contribution < -0.4 is 11.0 Å². The number of hydrogen-bond donors (Lipinski definition) is 1. The van der Waals surface area contributed by atoms with Gasteiger partial charge < -0.3 is 5.32 Å². The lowest BCUT2D eigenvalue weighted by Crippen LogP contribution is -2.31. The number of nitrogens with zero attached hydrogens (tertiary/aromatic N) is 2. The maximum Gasteiger partial charge on any atom is 0.329 e. The molecule has 0 spiro atoms. The third kappa shape index (κ3) is 2.99. The summed E-state index contributed by atoms with van der Waals surface area (Å²) in [5.74, 6) is 0. The Bertz CT molecular complexity index is 919. The molecular weight excluding hydrogens is 322 g/mol. The molecule has 4 rings (SSSR count). The third-order valence-electron chi connectivity index (χ3n) is 5.67. The summed E-state index contributed by atoms with van der Waals surface area (Å²) in [5, 5.41) is 3.24. The molecule has 1 heterocycles. The van der Waals surface area contributed by atoms with E-state index >= 15 is 0 Å². The lowest BCUT2D eigenvalue weighted by Gasteiger charge is -2.19. The van der Waals surface area contributed by atoms with Crippen LogP contribution in [0.2, 0.25) is 0 Å². The zero-order chi connectivity index (χ0) is 17.9. The quantitative estimate of drug-likeness (QED) is 0.727. The Balaban J connectivity index is 1.91. The molecule has 1 unspecified atom stereocenters. The van der Waals surface area contributed by atoms with Gasteiger partial charge in [-0.1, -0.05) is 55.3 Å². The Kier molecular flexibility index (Phi) is 4.93. The fourth-order valence-corrected chi connectivity index (χ4v) is 4.41. The summed E-state index contributed by atoms with van der Waals surface area (Å²) in [6.07, 6.45) is 5.55. The van der Waals surface area contributed by atoms with Crippen molar-refractivity contribution in [3.63, 3.8) is 0 Å². The Morgan fingerprint density at radius 3 is 2.35 bits per heavy atom. The fourth-order valence-electron chi connectivity index (χ4n) is 4.41. The van der Waals surface area contributed by atoms with Crippen LogP contribution in [0.1, 0.15) is 49.8 Å². The smallest absolute Gasteiger partial charge is 0.320 e. The highest BCUT2D eigenvalue weighted by molar-refractivity contribution is 5.76. The monoisotopic (exact) mass is 349 g/mol. The van der Waals surface area contributed by atoms with E-state index in [2.05, 4.69) is 46.3 Å². The summed E-state index contributed by atoms with van der Waals surface area (Å²) in [7, 11) is 1.96. The van der Waals surface area contributed by atoms with Gasteiger partial charge in [-0.05, 0) is 50.6 Å². The number of imidazole rings is 1. The van der Waals surface area contributed by atoms with E-state index < -0.39 is 0 Å². The molecule has 1 aromatic heterocycles. The molecule has 0 radical (unpaired) electrons. The van der Waals surface area contributed by atoms with Crippen molar-refractivity contribution in [1.29, 1.82) is 0 Å². The molecule has 136 valence electrons. The fraction of sp³-hybridized carbons (Fsp3) is 0.409. The van der Waals surface area contributed by atoms with Gasteiger partial charge in [0.05, 0.1) is 17.1 Å². The van der Waals surface area contributed by atoms with Crippen molar-refractivity contribution in [2.75, 3.05) is 13.6 Å². The van der Waals surface area contributed by atoms with Crippen LogP contribution in [-0.4, -0.2) is 22.7 Å². The second-order valence-corrected chi connectivity index (χ2v) is 7.27. The normalized spacial score (nSPS) is 16.3. The Morgan fingerprint density at radius 2 is 1.65 bits per heavy atom. The molecule has 4 nitrogen and oxygen atoms in total. The molecule has 0 bridgehead atoms. The van der Waals surface area contributed by atoms with Gasteiger partial charge in [-0.2, -0.15) is 0 Å². The van der Waals surface area contributed by atoms with E-state index in [1.807, 2.05) is 29.8 Å². The molecule has 0 amide bonds. The van der Waals surface area contributed by atoms with Gasteiger partial charge in [-0.25, -0.2) is 4.79 Å². The highest BCUT2D eigenvalue weighted by atomic mass is 16.1. The van der Waals surface area contributed by atoms with Crippen molar-refractivity contribution in [3.05, 3.63) is 70.6 Å². The first-order valence-electron chi connectivity index (χ1n) is 9.72. The minimum Gasteiger partial charge on any atom is -0.320 e. The molecule has 1 saturated carbocycles. The van der Waals surface area contributed by atoms with Crippen molar-refractivity contribution >= 4 is 11.0 Å². The topological polar surface area (TPSA) is 39.0 Å². The zero-order valence-electron chi connectivity index (χ0n) is 15.4. The zero-order valence-corrected chi connectivity index (χ0v) is 15.4. The maximum absolute atomic E-state index is 13.6. The number of hydrogen-bond acceptors (Lipinski definition) is 2. The van der Waals surface area contributed by atoms with Gasteiger partial charge >= 0.3 is 5.69 Å². The summed E-state index contributed by atoms with van der Waals surface area (Å²) in [5.41, 5.74) is 3.46.